The topological polar surface area (TPSA) is 51.8 Å². The number of fused-ring (bicyclic) bond motifs is 1. The number of nitrogens with zero attached hydrogens (tertiary/aromatic N) is 2. The molecule has 3 rings (SSSR count). The summed E-state index contributed by atoms with van der Waals surface area (Å²) in [6.07, 6.45) is 3.20. The van der Waals surface area contributed by atoms with Crippen LogP contribution in [0, 0.1) is 0 Å². The number of hydrogen-bond donors (Lipinski definition) is 1. The normalized spacial score (nSPS) is 10.9. The summed E-state index contributed by atoms with van der Waals surface area (Å²) >= 11 is 0. The van der Waals surface area contributed by atoms with Gasteiger partial charge in [0.2, 0.25) is 0 Å². The highest BCUT2D eigenvalue weighted by Crippen LogP contribution is 2.25. The first-order chi connectivity index (χ1) is 10.3. The first kappa shape index (κ1) is 13.6. The summed E-state index contributed by atoms with van der Waals surface area (Å²) in [5.41, 5.74) is 11.5. The van der Waals surface area contributed by atoms with Crippen LogP contribution in [0.1, 0.15) is 25.5 Å². The van der Waals surface area contributed by atoms with Gasteiger partial charge < -0.3 is 5.73 Å². The largest absolute Gasteiger partial charge is 0.399 e. The fraction of sp³-hybridized carbons (Fsp3) is 0.222. The fourth-order valence-electron chi connectivity index (χ4n) is 2.45. The van der Waals surface area contributed by atoms with Crippen molar-refractivity contribution in [2.45, 2.75) is 26.2 Å². The van der Waals surface area contributed by atoms with E-state index in [-0.39, 0.29) is 0 Å². The Labute approximate surface area is 124 Å². The molecular formula is C18H19N3. The summed E-state index contributed by atoms with van der Waals surface area (Å²) in [6.45, 7) is 2.19. The van der Waals surface area contributed by atoms with Crippen LogP contribution in [-0.4, -0.2) is 9.97 Å². The van der Waals surface area contributed by atoms with E-state index in [1.165, 1.54) is 0 Å². The minimum Gasteiger partial charge on any atom is -0.399 e. The first-order valence-electron chi connectivity index (χ1n) is 7.39. The Hall–Kier alpha value is -2.42. The molecule has 3 nitrogen and oxygen atoms in total. The van der Waals surface area contributed by atoms with Crippen LogP contribution in [0.2, 0.25) is 0 Å². The van der Waals surface area contributed by atoms with Crippen molar-refractivity contribution in [2.75, 3.05) is 5.73 Å². The molecule has 0 aliphatic heterocycles. The quantitative estimate of drug-likeness (QED) is 0.726. The average molecular weight is 277 g/mol. The van der Waals surface area contributed by atoms with E-state index in [2.05, 4.69) is 19.1 Å². The molecule has 0 bridgehead atoms. The van der Waals surface area contributed by atoms with Gasteiger partial charge in [-0.1, -0.05) is 43.7 Å². The molecule has 3 aromatic rings. The molecule has 3 heteroatoms. The number of hydrogen-bond acceptors (Lipinski definition) is 3. The molecule has 0 radical (unpaired) electrons. The number of nitrogens with two attached hydrogens (primary N) is 1. The van der Waals surface area contributed by atoms with Gasteiger partial charge in [0, 0.05) is 11.3 Å². The molecule has 0 amide bonds. The molecule has 2 N–H and O–H groups in total. The van der Waals surface area contributed by atoms with Gasteiger partial charge in [0.1, 0.15) is 0 Å². The Kier molecular flexibility index (Phi) is 3.82. The molecule has 0 saturated heterocycles. The number of aryl methyl sites for hydroxylation is 1. The Bertz CT molecular complexity index is 751. The molecule has 0 atom stereocenters. The summed E-state index contributed by atoms with van der Waals surface area (Å²) < 4.78 is 0. The van der Waals surface area contributed by atoms with E-state index in [0.717, 1.165) is 52.9 Å². The zero-order chi connectivity index (χ0) is 14.7. The van der Waals surface area contributed by atoms with Crippen LogP contribution < -0.4 is 5.73 Å². The summed E-state index contributed by atoms with van der Waals surface area (Å²) in [6, 6.07) is 16.0. The monoisotopic (exact) mass is 277 g/mol. The molecule has 0 aliphatic rings. The minimum atomic E-state index is 0.728. The van der Waals surface area contributed by atoms with E-state index in [9.17, 15) is 0 Å². The molecule has 106 valence electrons. The van der Waals surface area contributed by atoms with Crippen LogP contribution in [0.15, 0.2) is 48.5 Å². The predicted octanol–water partition coefficient (Wildman–Crippen LogP) is 4.22. The van der Waals surface area contributed by atoms with Gasteiger partial charge in [-0.3, -0.25) is 0 Å². The number of unbranched alkanes of at least 4 members (excludes halogenated alkanes) is 1. The maximum absolute atomic E-state index is 5.86. The third-order valence-electron chi connectivity index (χ3n) is 3.57. The lowest BCUT2D eigenvalue weighted by molar-refractivity contribution is 0.778. The predicted molar refractivity (Wildman–Crippen MR) is 88.0 cm³/mol. The maximum atomic E-state index is 5.86. The zero-order valence-electron chi connectivity index (χ0n) is 12.2. The lowest BCUT2D eigenvalue weighted by atomic mass is 10.1. The number of nitrogen functional groups attached to an aromatic ring is 1. The molecule has 2 aromatic carbocycles. The third kappa shape index (κ3) is 2.87. The summed E-state index contributed by atoms with van der Waals surface area (Å²) in [7, 11) is 0. The Balaban J connectivity index is 2.18. The lowest BCUT2D eigenvalue weighted by Gasteiger charge is -2.10. The highest BCUT2D eigenvalue weighted by Gasteiger charge is 2.10. The molecule has 0 aliphatic carbocycles. The Morgan fingerprint density at radius 3 is 2.52 bits per heavy atom. The second kappa shape index (κ2) is 5.92. The minimum absolute atomic E-state index is 0.728. The van der Waals surface area contributed by atoms with Crippen molar-refractivity contribution in [1.82, 2.24) is 9.97 Å². The van der Waals surface area contributed by atoms with Gasteiger partial charge in [-0.15, -0.1) is 0 Å². The van der Waals surface area contributed by atoms with Crippen molar-refractivity contribution in [1.29, 1.82) is 0 Å². The van der Waals surface area contributed by atoms with Crippen molar-refractivity contribution in [3.8, 4) is 11.3 Å². The van der Waals surface area contributed by atoms with E-state index in [1.807, 2.05) is 36.4 Å². The molecule has 1 heterocycles. The van der Waals surface area contributed by atoms with Crippen LogP contribution in [0.25, 0.3) is 22.3 Å². The first-order valence-corrected chi connectivity index (χ1v) is 7.39. The number of benzene rings is 2. The van der Waals surface area contributed by atoms with E-state index in [1.54, 1.807) is 0 Å². The average Bonchev–Trinajstić information content (AvgIpc) is 2.52. The second-order valence-corrected chi connectivity index (χ2v) is 5.24. The fourth-order valence-corrected chi connectivity index (χ4v) is 2.45. The van der Waals surface area contributed by atoms with E-state index in [4.69, 9.17) is 15.7 Å². The highest BCUT2D eigenvalue weighted by atomic mass is 14.8. The number of rotatable bonds is 4. The van der Waals surface area contributed by atoms with Gasteiger partial charge in [0.05, 0.1) is 22.4 Å². The van der Waals surface area contributed by atoms with Crippen LogP contribution in [-0.2, 0) is 6.42 Å². The van der Waals surface area contributed by atoms with E-state index < -0.39 is 0 Å². The standard InChI is InChI=1S/C18H19N3/c1-2-3-9-16-18(13-7-5-4-6-8-13)21-15-11-10-14(19)12-17(15)20-16/h4-8,10-12H,2-3,9,19H2,1H3. The van der Waals surface area contributed by atoms with Crippen LogP contribution in [0.5, 0.6) is 0 Å². The van der Waals surface area contributed by atoms with Crippen molar-refractivity contribution in [3.63, 3.8) is 0 Å². The van der Waals surface area contributed by atoms with Crippen molar-refractivity contribution in [3.05, 3.63) is 54.2 Å². The van der Waals surface area contributed by atoms with Gasteiger partial charge in [0.25, 0.3) is 0 Å². The molecule has 0 unspecified atom stereocenters. The number of anilines is 1. The molecule has 0 saturated carbocycles. The van der Waals surface area contributed by atoms with Crippen LogP contribution >= 0.6 is 0 Å². The van der Waals surface area contributed by atoms with E-state index >= 15 is 0 Å². The summed E-state index contributed by atoms with van der Waals surface area (Å²) in [5, 5.41) is 0. The molecular weight excluding hydrogens is 258 g/mol. The SMILES string of the molecule is CCCCc1nc2cc(N)ccc2nc1-c1ccccc1. The molecule has 0 fully saturated rings. The van der Waals surface area contributed by atoms with Crippen molar-refractivity contribution >= 4 is 16.7 Å². The van der Waals surface area contributed by atoms with Gasteiger partial charge in [-0.2, -0.15) is 0 Å². The second-order valence-electron chi connectivity index (χ2n) is 5.24. The van der Waals surface area contributed by atoms with Crippen LogP contribution in [0.3, 0.4) is 0 Å². The Morgan fingerprint density at radius 2 is 1.76 bits per heavy atom. The molecule has 0 spiro atoms. The molecule has 21 heavy (non-hydrogen) atoms. The smallest absolute Gasteiger partial charge is 0.0925 e. The van der Waals surface area contributed by atoms with Crippen molar-refractivity contribution in [2.24, 2.45) is 0 Å². The zero-order valence-corrected chi connectivity index (χ0v) is 12.2. The van der Waals surface area contributed by atoms with E-state index in [0.29, 0.717) is 0 Å². The van der Waals surface area contributed by atoms with Crippen LogP contribution in [0.4, 0.5) is 5.69 Å². The summed E-state index contributed by atoms with van der Waals surface area (Å²) in [5.74, 6) is 0. The third-order valence-corrected chi connectivity index (χ3v) is 3.57. The maximum Gasteiger partial charge on any atom is 0.0925 e. The van der Waals surface area contributed by atoms with Gasteiger partial charge in [0.15, 0.2) is 0 Å². The van der Waals surface area contributed by atoms with Crippen molar-refractivity contribution < 1.29 is 0 Å². The van der Waals surface area contributed by atoms with Gasteiger partial charge in [-0.25, -0.2) is 9.97 Å². The van der Waals surface area contributed by atoms with Gasteiger partial charge in [-0.05, 0) is 31.0 Å². The Morgan fingerprint density at radius 1 is 0.952 bits per heavy atom. The number of aromatic nitrogens is 2. The molecule has 1 aromatic heterocycles. The highest BCUT2D eigenvalue weighted by molar-refractivity contribution is 5.81. The lowest BCUT2D eigenvalue weighted by Crippen LogP contribution is -2.00. The summed E-state index contributed by atoms with van der Waals surface area (Å²) in [4.78, 5) is 9.63. The van der Waals surface area contributed by atoms with Gasteiger partial charge >= 0.3 is 0 Å².